The molecule has 2 N–H and O–H groups in total. The minimum atomic E-state index is -1.48. The topological polar surface area (TPSA) is 149 Å². The van der Waals surface area contributed by atoms with Gasteiger partial charge in [0.05, 0.1) is 6.10 Å². The van der Waals surface area contributed by atoms with E-state index in [1.54, 1.807) is 0 Å². The summed E-state index contributed by atoms with van der Waals surface area (Å²) >= 11 is 0. The number of carboxylic acid groups (broad SMARTS) is 1. The third kappa shape index (κ3) is 3.47. The summed E-state index contributed by atoms with van der Waals surface area (Å²) in [5, 5.41) is 19.5. The minimum Gasteiger partial charge on any atom is -0.479 e. The second-order valence-electron chi connectivity index (χ2n) is 5.30. The van der Waals surface area contributed by atoms with Crippen LogP contribution in [0, 0.1) is 0 Å². The Hall–Kier alpha value is -2.24. The molecule has 0 radical (unpaired) electrons. The molecular weight excluding hydrogens is 330 g/mol. The van der Waals surface area contributed by atoms with Gasteiger partial charge in [0.1, 0.15) is 12.2 Å². The lowest BCUT2D eigenvalue weighted by atomic mass is 9.95. The summed E-state index contributed by atoms with van der Waals surface area (Å²) in [6.07, 6.45) is -8.22. The van der Waals surface area contributed by atoms with Crippen LogP contribution in [0.4, 0.5) is 4.79 Å². The van der Waals surface area contributed by atoms with Crippen molar-refractivity contribution in [2.24, 2.45) is 0 Å². The fourth-order valence-corrected chi connectivity index (χ4v) is 2.48. The fourth-order valence-electron chi connectivity index (χ4n) is 2.48. The number of hydrogen-bond acceptors (Lipinski definition) is 9. The number of ether oxygens (including phenoxy) is 3. The predicted molar refractivity (Wildman–Crippen MR) is 71.2 cm³/mol. The fraction of sp³-hybridized carbons (Fsp3) is 0.692. The molecule has 2 amide bonds. The van der Waals surface area contributed by atoms with Gasteiger partial charge in [0, 0.05) is 20.0 Å². The van der Waals surface area contributed by atoms with Crippen LogP contribution in [0.1, 0.15) is 19.8 Å². The number of carbonyl (C=O) groups excluding carboxylic acids is 3. The number of imide groups is 1. The van der Waals surface area contributed by atoms with Gasteiger partial charge in [-0.05, 0) is 6.92 Å². The van der Waals surface area contributed by atoms with Crippen molar-refractivity contribution in [3.8, 4) is 0 Å². The van der Waals surface area contributed by atoms with Crippen molar-refractivity contribution in [3.05, 3.63) is 0 Å². The van der Waals surface area contributed by atoms with Crippen LogP contribution in [0.3, 0.4) is 0 Å². The molecule has 11 nitrogen and oxygen atoms in total. The molecule has 24 heavy (non-hydrogen) atoms. The number of nitrogens with zero attached hydrogens (tertiary/aromatic N) is 1. The van der Waals surface area contributed by atoms with Crippen LogP contribution in [0.5, 0.6) is 0 Å². The molecule has 5 atom stereocenters. The van der Waals surface area contributed by atoms with Crippen LogP contribution in [0.2, 0.25) is 0 Å². The largest absolute Gasteiger partial charge is 0.534 e. The molecule has 2 saturated heterocycles. The zero-order chi connectivity index (χ0) is 18.0. The number of carbonyl (C=O) groups is 4. The van der Waals surface area contributed by atoms with Crippen molar-refractivity contribution in [2.45, 2.75) is 50.3 Å². The number of methoxy groups -OCH3 is 1. The number of aliphatic hydroxyl groups excluding tert-OH is 1. The normalized spacial score (nSPS) is 33.5. The molecule has 11 heteroatoms. The molecule has 0 saturated carbocycles. The number of aliphatic carboxylic acids is 1. The Morgan fingerprint density at radius 3 is 2.29 bits per heavy atom. The predicted octanol–water partition coefficient (Wildman–Crippen LogP) is -1.18. The monoisotopic (exact) mass is 347 g/mol. The van der Waals surface area contributed by atoms with Crippen molar-refractivity contribution in [1.82, 2.24) is 5.06 Å². The van der Waals surface area contributed by atoms with E-state index in [1.165, 1.54) is 6.92 Å². The second-order valence-corrected chi connectivity index (χ2v) is 5.30. The zero-order valence-electron chi connectivity index (χ0n) is 12.9. The van der Waals surface area contributed by atoms with E-state index in [0.29, 0.717) is 0 Å². The van der Waals surface area contributed by atoms with Crippen molar-refractivity contribution in [1.29, 1.82) is 0 Å². The van der Waals surface area contributed by atoms with Crippen LogP contribution in [0.25, 0.3) is 0 Å². The smallest absolute Gasteiger partial charge is 0.479 e. The molecule has 0 aromatic carbocycles. The molecule has 0 spiro atoms. The van der Waals surface area contributed by atoms with E-state index in [1.807, 2.05) is 0 Å². The summed E-state index contributed by atoms with van der Waals surface area (Å²) in [4.78, 5) is 50.3. The number of hydrogen-bond donors (Lipinski definition) is 2. The quantitative estimate of drug-likeness (QED) is 0.470. The first kappa shape index (κ1) is 18.1. The van der Waals surface area contributed by atoms with E-state index in [4.69, 9.17) is 19.3 Å². The average Bonchev–Trinajstić information content (AvgIpc) is 2.83. The number of aliphatic hydroxyl groups is 1. The molecule has 0 aromatic heterocycles. The molecule has 2 aliphatic rings. The highest BCUT2D eigenvalue weighted by molar-refractivity contribution is 6.01. The van der Waals surface area contributed by atoms with Crippen LogP contribution >= 0.6 is 0 Å². The van der Waals surface area contributed by atoms with Gasteiger partial charge in [-0.1, -0.05) is 5.06 Å². The van der Waals surface area contributed by atoms with E-state index in [-0.39, 0.29) is 17.9 Å². The summed E-state index contributed by atoms with van der Waals surface area (Å²) in [6, 6.07) is 0. The molecule has 0 bridgehead atoms. The van der Waals surface area contributed by atoms with Gasteiger partial charge in [0.25, 0.3) is 11.8 Å². The van der Waals surface area contributed by atoms with E-state index < -0.39 is 54.5 Å². The van der Waals surface area contributed by atoms with Crippen molar-refractivity contribution in [3.63, 3.8) is 0 Å². The van der Waals surface area contributed by atoms with Gasteiger partial charge in [-0.3, -0.25) is 14.4 Å². The third-order valence-corrected chi connectivity index (χ3v) is 3.72. The molecule has 2 fully saturated rings. The van der Waals surface area contributed by atoms with Crippen LogP contribution in [-0.2, 0) is 33.4 Å². The van der Waals surface area contributed by atoms with Gasteiger partial charge in [-0.15, -0.1) is 0 Å². The summed E-state index contributed by atoms with van der Waals surface area (Å²) < 4.78 is 15.0. The van der Waals surface area contributed by atoms with E-state index in [2.05, 4.69) is 4.84 Å². The van der Waals surface area contributed by atoms with Crippen molar-refractivity contribution < 1.29 is 48.4 Å². The van der Waals surface area contributed by atoms with Gasteiger partial charge in [0.2, 0.25) is 0 Å². The zero-order valence-corrected chi connectivity index (χ0v) is 12.9. The number of hydroxylamine groups is 2. The van der Waals surface area contributed by atoms with Crippen molar-refractivity contribution >= 4 is 23.9 Å². The molecule has 2 aliphatic heterocycles. The van der Waals surface area contributed by atoms with Gasteiger partial charge in [0.15, 0.2) is 12.2 Å². The number of amides is 2. The van der Waals surface area contributed by atoms with Crippen LogP contribution in [-0.4, -0.2) is 76.8 Å². The van der Waals surface area contributed by atoms with Crippen LogP contribution < -0.4 is 0 Å². The highest BCUT2D eigenvalue weighted by Gasteiger charge is 2.50. The first-order valence-electron chi connectivity index (χ1n) is 7.09. The lowest BCUT2D eigenvalue weighted by molar-refractivity contribution is -0.237. The number of rotatable bonds is 4. The molecule has 5 unspecified atom stereocenters. The molecule has 2 rings (SSSR count). The maximum absolute atomic E-state index is 11.8. The molecule has 0 aromatic rings. The van der Waals surface area contributed by atoms with E-state index in [9.17, 15) is 24.3 Å². The van der Waals surface area contributed by atoms with Gasteiger partial charge >= 0.3 is 12.1 Å². The van der Waals surface area contributed by atoms with Gasteiger partial charge < -0.3 is 24.4 Å². The highest BCUT2D eigenvalue weighted by Crippen LogP contribution is 2.26. The highest BCUT2D eigenvalue weighted by atomic mass is 16.8. The SMILES string of the molecule is COC1C(C(=O)O)OC(C)C(O)C1OC(=O)ON1C(=O)CCC1=O. The molecular formula is C13H17NO10. The molecule has 0 aliphatic carbocycles. The Kier molecular flexibility index (Phi) is 5.36. The average molecular weight is 347 g/mol. The summed E-state index contributed by atoms with van der Waals surface area (Å²) in [5.74, 6) is -2.78. The number of carboxylic acids is 1. The second kappa shape index (κ2) is 7.11. The Morgan fingerprint density at radius 2 is 1.79 bits per heavy atom. The van der Waals surface area contributed by atoms with E-state index in [0.717, 1.165) is 7.11 Å². The Bertz CT molecular complexity index is 533. The summed E-state index contributed by atoms with van der Waals surface area (Å²) in [7, 11) is 1.15. The maximum Gasteiger partial charge on any atom is 0.534 e. The third-order valence-electron chi connectivity index (χ3n) is 3.72. The first-order valence-corrected chi connectivity index (χ1v) is 7.09. The Morgan fingerprint density at radius 1 is 1.21 bits per heavy atom. The first-order chi connectivity index (χ1) is 11.3. The van der Waals surface area contributed by atoms with Gasteiger partial charge in [-0.25, -0.2) is 9.59 Å². The Balaban J connectivity index is 2.09. The summed E-state index contributed by atoms with van der Waals surface area (Å²) in [6.45, 7) is 1.39. The minimum absolute atomic E-state index is 0.0924. The van der Waals surface area contributed by atoms with E-state index >= 15 is 0 Å². The van der Waals surface area contributed by atoms with Gasteiger partial charge in [-0.2, -0.15) is 0 Å². The maximum atomic E-state index is 11.8. The standard InChI is InChI=1S/C13H17NO10/c1-5-8(17)9(10(21-2)11(22-5)12(18)19)23-13(20)24-14-6(15)3-4-7(14)16/h5,8-11,17H,3-4H2,1-2H3,(H,18,19). The Labute approximate surface area is 136 Å². The van der Waals surface area contributed by atoms with Crippen molar-refractivity contribution in [2.75, 3.05) is 7.11 Å². The lowest BCUT2D eigenvalue weighted by Crippen LogP contribution is -2.61. The lowest BCUT2D eigenvalue weighted by Gasteiger charge is -2.40. The molecule has 2 heterocycles. The van der Waals surface area contributed by atoms with Crippen LogP contribution in [0.15, 0.2) is 0 Å². The summed E-state index contributed by atoms with van der Waals surface area (Å²) in [5.41, 5.74) is 0. The molecule has 134 valence electrons.